The van der Waals surface area contributed by atoms with Crippen LogP contribution in [0.1, 0.15) is 54.4 Å². The SMILES string of the molecule is CCOC(=O)[C@H]1[C@H]2C(=O)N(CCCO)C(C(=O)NC(C)(C)C)C23CC(C)[C@]1(C)O3. The molecule has 3 aliphatic rings. The molecule has 3 aliphatic heterocycles. The fraction of sp³-hybridized carbons (Fsp3) is 0.857. The molecule has 0 aliphatic carbocycles. The van der Waals surface area contributed by atoms with E-state index in [0.717, 1.165) is 0 Å². The predicted molar refractivity (Wildman–Crippen MR) is 105 cm³/mol. The molecule has 3 unspecified atom stereocenters. The van der Waals surface area contributed by atoms with Crippen molar-refractivity contribution in [3.05, 3.63) is 0 Å². The van der Waals surface area contributed by atoms with Crippen molar-refractivity contribution in [3.8, 4) is 0 Å². The van der Waals surface area contributed by atoms with Crippen LogP contribution in [0.15, 0.2) is 0 Å². The lowest BCUT2D eigenvalue weighted by Gasteiger charge is -2.36. The lowest BCUT2D eigenvalue weighted by atomic mass is 9.62. The maximum atomic E-state index is 13.5. The van der Waals surface area contributed by atoms with Crippen molar-refractivity contribution in [1.82, 2.24) is 10.2 Å². The molecule has 3 rings (SSSR count). The van der Waals surface area contributed by atoms with Gasteiger partial charge in [-0.2, -0.15) is 0 Å². The maximum Gasteiger partial charge on any atom is 0.312 e. The maximum absolute atomic E-state index is 13.5. The van der Waals surface area contributed by atoms with Gasteiger partial charge in [-0.3, -0.25) is 14.4 Å². The van der Waals surface area contributed by atoms with Gasteiger partial charge < -0.3 is 24.8 Å². The molecule has 1 spiro atoms. The van der Waals surface area contributed by atoms with E-state index in [2.05, 4.69) is 5.32 Å². The summed E-state index contributed by atoms with van der Waals surface area (Å²) in [5.41, 5.74) is -2.40. The fourth-order valence-corrected chi connectivity index (χ4v) is 5.55. The van der Waals surface area contributed by atoms with Crippen molar-refractivity contribution in [3.63, 3.8) is 0 Å². The molecule has 29 heavy (non-hydrogen) atoms. The number of hydrogen-bond acceptors (Lipinski definition) is 6. The summed E-state index contributed by atoms with van der Waals surface area (Å²) >= 11 is 0. The van der Waals surface area contributed by atoms with Gasteiger partial charge in [-0.1, -0.05) is 6.92 Å². The Balaban J connectivity index is 2.07. The third kappa shape index (κ3) is 3.24. The molecule has 3 saturated heterocycles. The van der Waals surface area contributed by atoms with E-state index in [9.17, 15) is 19.5 Å². The Labute approximate surface area is 172 Å². The molecule has 2 N–H and O–H groups in total. The smallest absolute Gasteiger partial charge is 0.312 e. The molecule has 8 heteroatoms. The Morgan fingerprint density at radius 2 is 2.03 bits per heavy atom. The highest BCUT2D eigenvalue weighted by Crippen LogP contribution is 2.65. The summed E-state index contributed by atoms with van der Waals surface area (Å²) in [4.78, 5) is 41.2. The highest BCUT2D eigenvalue weighted by molar-refractivity contribution is 5.98. The lowest BCUT2D eigenvalue weighted by Crippen LogP contribution is -2.58. The minimum Gasteiger partial charge on any atom is -0.466 e. The van der Waals surface area contributed by atoms with Gasteiger partial charge in [0.25, 0.3) is 0 Å². The van der Waals surface area contributed by atoms with E-state index in [-0.39, 0.29) is 37.5 Å². The monoisotopic (exact) mass is 410 g/mol. The summed E-state index contributed by atoms with van der Waals surface area (Å²) in [6, 6.07) is -0.838. The van der Waals surface area contributed by atoms with Gasteiger partial charge >= 0.3 is 5.97 Å². The summed E-state index contributed by atoms with van der Waals surface area (Å²) in [5, 5.41) is 12.3. The second-order valence-electron chi connectivity index (χ2n) is 9.80. The van der Waals surface area contributed by atoms with E-state index in [1.807, 2.05) is 34.6 Å². The van der Waals surface area contributed by atoms with Gasteiger partial charge in [0.2, 0.25) is 11.8 Å². The number of carbonyl (C=O) groups is 3. The topological polar surface area (TPSA) is 105 Å². The Hall–Kier alpha value is -1.67. The van der Waals surface area contributed by atoms with Crippen molar-refractivity contribution >= 4 is 17.8 Å². The number of hydrogen-bond donors (Lipinski definition) is 2. The van der Waals surface area contributed by atoms with Gasteiger partial charge in [0.15, 0.2) is 0 Å². The second-order valence-corrected chi connectivity index (χ2v) is 9.80. The molecular weight excluding hydrogens is 376 g/mol. The number of rotatable bonds is 6. The number of carbonyl (C=O) groups excluding carboxylic acids is 3. The van der Waals surface area contributed by atoms with Crippen LogP contribution in [0.4, 0.5) is 0 Å². The number of likely N-dealkylation sites (tertiary alicyclic amines) is 1. The van der Waals surface area contributed by atoms with Crippen molar-refractivity contribution in [1.29, 1.82) is 0 Å². The largest absolute Gasteiger partial charge is 0.466 e. The molecule has 0 saturated carbocycles. The average Bonchev–Trinajstić information content (AvgIpc) is 3.09. The molecule has 6 atom stereocenters. The van der Waals surface area contributed by atoms with Crippen molar-refractivity contribution < 1.29 is 29.0 Å². The Bertz CT molecular complexity index is 704. The van der Waals surface area contributed by atoms with Gasteiger partial charge in [0.05, 0.1) is 18.1 Å². The molecule has 0 aromatic rings. The highest BCUT2D eigenvalue weighted by Gasteiger charge is 2.80. The van der Waals surface area contributed by atoms with E-state index in [1.54, 1.807) is 6.92 Å². The number of amides is 2. The Morgan fingerprint density at radius 1 is 1.38 bits per heavy atom. The molecule has 3 heterocycles. The number of nitrogens with zero attached hydrogens (tertiary/aromatic N) is 1. The first-order valence-corrected chi connectivity index (χ1v) is 10.5. The number of fused-ring (bicyclic) bond motifs is 1. The zero-order valence-electron chi connectivity index (χ0n) is 18.3. The first-order chi connectivity index (χ1) is 13.4. The van der Waals surface area contributed by atoms with Crippen LogP contribution in [0.5, 0.6) is 0 Å². The number of aliphatic hydroxyl groups is 1. The minimum absolute atomic E-state index is 0.0105. The molecular formula is C21H34N2O6. The average molecular weight is 411 g/mol. The molecule has 0 aromatic carbocycles. The molecule has 164 valence electrons. The van der Waals surface area contributed by atoms with Crippen LogP contribution < -0.4 is 5.32 Å². The third-order valence-electron chi connectivity index (χ3n) is 6.66. The lowest BCUT2D eigenvalue weighted by molar-refractivity contribution is -0.161. The van der Waals surface area contributed by atoms with Crippen molar-refractivity contribution in [2.24, 2.45) is 17.8 Å². The molecule has 2 bridgehead atoms. The summed E-state index contributed by atoms with van der Waals surface area (Å²) in [6.07, 6.45) is 0.873. The van der Waals surface area contributed by atoms with E-state index >= 15 is 0 Å². The predicted octanol–water partition coefficient (Wildman–Crippen LogP) is 0.857. The molecule has 0 aromatic heterocycles. The van der Waals surface area contributed by atoms with Crippen LogP contribution in [0.2, 0.25) is 0 Å². The van der Waals surface area contributed by atoms with Crippen molar-refractivity contribution in [2.75, 3.05) is 19.8 Å². The number of aliphatic hydroxyl groups excluding tert-OH is 1. The third-order valence-corrected chi connectivity index (χ3v) is 6.66. The quantitative estimate of drug-likeness (QED) is 0.629. The van der Waals surface area contributed by atoms with Gasteiger partial charge in [-0.15, -0.1) is 0 Å². The van der Waals surface area contributed by atoms with E-state index in [0.29, 0.717) is 12.8 Å². The second kappa shape index (κ2) is 7.23. The molecule has 3 fully saturated rings. The van der Waals surface area contributed by atoms with E-state index < -0.39 is 40.6 Å². The number of nitrogens with one attached hydrogen (secondary N) is 1. The first kappa shape index (κ1) is 22.0. The van der Waals surface area contributed by atoms with Gasteiger partial charge in [0, 0.05) is 18.7 Å². The summed E-state index contributed by atoms with van der Waals surface area (Å²) in [6.45, 7) is 11.6. The van der Waals surface area contributed by atoms with Crippen LogP contribution in [0.25, 0.3) is 0 Å². The number of ether oxygens (including phenoxy) is 2. The fourth-order valence-electron chi connectivity index (χ4n) is 5.55. The minimum atomic E-state index is -1.06. The van der Waals surface area contributed by atoms with E-state index in [4.69, 9.17) is 9.47 Å². The molecule has 8 nitrogen and oxygen atoms in total. The zero-order valence-corrected chi connectivity index (χ0v) is 18.3. The van der Waals surface area contributed by atoms with Gasteiger partial charge in [-0.05, 0) is 53.4 Å². The van der Waals surface area contributed by atoms with Crippen LogP contribution in [-0.2, 0) is 23.9 Å². The van der Waals surface area contributed by atoms with Crippen LogP contribution in [-0.4, -0.2) is 70.3 Å². The van der Waals surface area contributed by atoms with E-state index in [1.165, 1.54) is 4.90 Å². The van der Waals surface area contributed by atoms with Crippen molar-refractivity contribution in [2.45, 2.75) is 77.2 Å². The standard InChI is InChI=1S/C21H34N2O6/c1-7-28-18(27)14-13-17(26)23(9-8-10-24)15(16(25)22-19(3,4)5)21(13)11-12(2)20(14,6)29-21/h12-15,24H,7-11H2,1-6H3,(H,22,25)/t12?,13-,14+,15?,20-,21?/m0/s1. The first-order valence-electron chi connectivity index (χ1n) is 10.5. The summed E-state index contributed by atoms with van der Waals surface area (Å²) in [7, 11) is 0. The van der Waals surface area contributed by atoms with Gasteiger partial charge in [-0.25, -0.2) is 0 Å². The summed E-state index contributed by atoms with van der Waals surface area (Å²) in [5.74, 6) is -2.50. The normalized spacial score (nSPS) is 38.3. The Morgan fingerprint density at radius 3 is 2.59 bits per heavy atom. The molecule has 0 radical (unpaired) electrons. The van der Waals surface area contributed by atoms with Crippen LogP contribution in [0, 0.1) is 17.8 Å². The zero-order chi connectivity index (χ0) is 21.8. The van der Waals surface area contributed by atoms with Crippen LogP contribution >= 0.6 is 0 Å². The summed E-state index contributed by atoms with van der Waals surface area (Å²) < 4.78 is 11.8. The Kier molecular flexibility index (Phi) is 5.49. The van der Waals surface area contributed by atoms with Crippen LogP contribution in [0.3, 0.4) is 0 Å². The van der Waals surface area contributed by atoms with Gasteiger partial charge in [0.1, 0.15) is 17.6 Å². The highest BCUT2D eigenvalue weighted by atomic mass is 16.6. The molecule has 2 amide bonds. The number of esters is 1.